The van der Waals surface area contributed by atoms with Gasteiger partial charge in [-0.25, -0.2) is 0 Å². The molecule has 2 atom stereocenters. The largest absolute Gasteiger partial charge is 0.393 e. The van der Waals surface area contributed by atoms with Crippen LogP contribution in [0.25, 0.3) is 0 Å². The molecular weight excluding hydrogens is 138 g/mol. The summed E-state index contributed by atoms with van der Waals surface area (Å²) in [5.74, 6) is 0. The van der Waals surface area contributed by atoms with Crippen molar-refractivity contribution < 1.29 is 5.11 Å². The topological polar surface area (TPSA) is 23.5 Å². The normalized spacial score (nSPS) is 30.3. The SMILES string of the molecule is C[C@@H](O)CC1CCCCN1C. The molecule has 66 valence electrons. The molecule has 0 aromatic carbocycles. The average Bonchev–Trinajstić information content (AvgIpc) is 1.93. The van der Waals surface area contributed by atoms with Crippen LogP contribution in [0.2, 0.25) is 0 Å². The summed E-state index contributed by atoms with van der Waals surface area (Å²) >= 11 is 0. The van der Waals surface area contributed by atoms with Crippen molar-refractivity contribution in [1.29, 1.82) is 0 Å². The number of aliphatic hydroxyl groups is 1. The summed E-state index contributed by atoms with van der Waals surface area (Å²) in [6.45, 7) is 3.08. The van der Waals surface area contributed by atoms with Crippen LogP contribution in [-0.4, -0.2) is 35.7 Å². The monoisotopic (exact) mass is 157 g/mol. The number of hydrogen-bond donors (Lipinski definition) is 1. The summed E-state index contributed by atoms with van der Waals surface area (Å²) in [6, 6.07) is 0.628. The Kier molecular flexibility index (Phi) is 3.34. The summed E-state index contributed by atoms with van der Waals surface area (Å²) < 4.78 is 0. The number of rotatable bonds is 2. The second-order valence-corrected chi connectivity index (χ2v) is 3.71. The standard InChI is InChI=1S/C9H19NO/c1-8(11)7-9-5-3-4-6-10(9)2/h8-9,11H,3-7H2,1-2H3/t8-,9?/m1/s1. The Bertz CT molecular complexity index is 114. The Hall–Kier alpha value is -0.0800. The van der Waals surface area contributed by atoms with Crippen molar-refractivity contribution in [2.24, 2.45) is 0 Å². The quantitative estimate of drug-likeness (QED) is 0.652. The third kappa shape index (κ3) is 2.80. The van der Waals surface area contributed by atoms with Crippen molar-refractivity contribution in [1.82, 2.24) is 4.90 Å². The zero-order valence-corrected chi connectivity index (χ0v) is 7.58. The molecule has 0 aliphatic carbocycles. The zero-order valence-electron chi connectivity index (χ0n) is 7.58. The molecule has 1 aliphatic rings. The summed E-state index contributed by atoms with van der Waals surface area (Å²) in [6.07, 6.45) is 4.73. The second kappa shape index (κ2) is 4.07. The van der Waals surface area contributed by atoms with Gasteiger partial charge in [-0.2, -0.15) is 0 Å². The third-order valence-electron chi connectivity index (χ3n) is 2.53. The highest BCUT2D eigenvalue weighted by atomic mass is 16.3. The van der Waals surface area contributed by atoms with E-state index < -0.39 is 0 Å². The lowest BCUT2D eigenvalue weighted by atomic mass is 9.98. The Labute approximate surface area is 69.2 Å². The van der Waals surface area contributed by atoms with E-state index in [9.17, 15) is 5.11 Å². The van der Waals surface area contributed by atoms with Crippen LogP contribution in [0.5, 0.6) is 0 Å². The highest BCUT2D eigenvalue weighted by Gasteiger charge is 2.19. The third-order valence-corrected chi connectivity index (χ3v) is 2.53. The van der Waals surface area contributed by atoms with E-state index in [1.165, 1.54) is 25.8 Å². The van der Waals surface area contributed by atoms with Crippen LogP contribution < -0.4 is 0 Å². The maximum atomic E-state index is 9.20. The number of likely N-dealkylation sites (tertiary alicyclic amines) is 1. The van der Waals surface area contributed by atoms with Crippen LogP contribution in [0.15, 0.2) is 0 Å². The summed E-state index contributed by atoms with van der Waals surface area (Å²) in [7, 11) is 2.16. The van der Waals surface area contributed by atoms with Crippen LogP contribution in [0.3, 0.4) is 0 Å². The highest BCUT2D eigenvalue weighted by Crippen LogP contribution is 2.18. The maximum Gasteiger partial charge on any atom is 0.0527 e. The Balaban J connectivity index is 2.29. The molecule has 1 unspecified atom stereocenters. The fraction of sp³-hybridized carbons (Fsp3) is 1.00. The van der Waals surface area contributed by atoms with E-state index in [2.05, 4.69) is 11.9 Å². The van der Waals surface area contributed by atoms with E-state index >= 15 is 0 Å². The van der Waals surface area contributed by atoms with E-state index in [0.29, 0.717) is 6.04 Å². The first-order chi connectivity index (χ1) is 5.20. The van der Waals surface area contributed by atoms with Gasteiger partial charge in [0.15, 0.2) is 0 Å². The molecule has 0 aromatic rings. The molecule has 1 aliphatic heterocycles. The summed E-state index contributed by atoms with van der Waals surface area (Å²) in [5, 5.41) is 9.20. The Morgan fingerprint density at radius 3 is 2.82 bits per heavy atom. The van der Waals surface area contributed by atoms with Crippen LogP contribution >= 0.6 is 0 Å². The van der Waals surface area contributed by atoms with Crippen LogP contribution in [0.1, 0.15) is 32.6 Å². The van der Waals surface area contributed by atoms with E-state index in [-0.39, 0.29) is 6.10 Å². The van der Waals surface area contributed by atoms with Gasteiger partial charge in [-0.05, 0) is 39.8 Å². The molecule has 1 rings (SSSR count). The molecular formula is C9H19NO. The van der Waals surface area contributed by atoms with Crippen LogP contribution in [0.4, 0.5) is 0 Å². The minimum absolute atomic E-state index is 0.138. The van der Waals surface area contributed by atoms with E-state index in [1.807, 2.05) is 6.92 Å². The predicted molar refractivity (Wildman–Crippen MR) is 46.6 cm³/mol. The van der Waals surface area contributed by atoms with Gasteiger partial charge in [-0.3, -0.25) is 0 Å². The molecule has 0 aromatic heterocycles. The van der Waals surface area contributed by atoms with Gasteiger partial charge < -0.3 is 10.0 Å². The molecule has 11 heavy (non-hydrogen) atoms. The molecule has 1 heterocycles. The molecule has 0 saturated carbocycles. The van der Waals surface area contributed by atoms with E-state index in [1.54, 1.807) is 0 Å². The Morgan fingerprint density at radius 1 is 1.55 bits per heavy atom. The fourth-order valence-corrected chi connectivity index (χ4v) is 1.84. The van der Waals surface area contributed by atoms with Gasteiger partial charge >= 0.3 is 0 Å². The zero-order chi connectivity index (χ0) is 8.27. The minimum atomic E-state index is -0.138. The van der Waals surface area contributed by atoms with E-state index in [4.69, 9.17) is 0 Å². The minimum Gasteiger partial charge on any atom is -0.393 e. The molecule has 0 radical (unpaired) electrons. The molecule has 2 heteroatoms. The molecule has 0 amide bonds. The van der Waals surface area contributed by atoms with Gasteiger partial charge in [0.1, 0.15) is 0 Å². The van der Waals surface area contributed by atoms with Gasteiger partial charge in [-0.15, -0.1) is 0 Å². The van der Waals surface area contributed by atoms with Crippen LogP contribution in [-0.2, 0) is 0 Å². The predicted octanol–water partition coefficient (Wildman–Crippen LogP) is 1.24. The van der Waals surface area contributed by atoms with Crippen LogP contribution in [0, 0.1) is 0 Å². The lowest BCUT2D eigenvalue weighted by molar-refractivity contribution is 0.105. The number of nitrogens with zero attached hydrogens (tertiary/aromatic N) is 1. The fourth-order valence-electron chi connectivity index (χ4n) is 1.84. The summed E-state index contributed by atoms with van der Waals surface area (Å²) in [5.41, 5.74) is 0. The highest BCUT2D eigenvalue weighted by molar-refractivity contribution is 4.75. The average molecular weight is 157 g/mol. The van der Waals surface area contributed by atoms with Crippen molar-refractivity contribution in [3.8, 4) is 0 Å². The van der Waals surface area contributed by atoms with Crippen molar-refractivity contribution >= 4 is 0 Å². The van der Waals surface area contributed by atoms with Gasteiger partial charge in [0.05, 0.1) is 6.10 Å². The van der Waals surface area contributed by atoms with Crippen molar-refractivity contribution in [2.45, 2.75) is 44.8 Å². The Morgan fingerprint density at radius 2 is 2.27 bits per heavy atom. The molecule has 2 nitrogen and oxygen atoms in total. The number of aliphatic hydroxyl groups excluding tert-OH is 1. The molecule has 1 saturated heterocycles. The first kappa shape index (κ1) is 9.01. The lowest BCUT2D eigenvalue weighted by Crippen LogP contribution is -2.38. The molecule has 1 fully saturated rings. The molecule has 0 bridgehead atoms. The van der Waals surface area contributed by atoms with Gasteiger partial charge in [-0.1, -0.05) is 6.42 Å². The first-order valence-corrected chi connectivity index (χ1v) is 4.58. The van der Waals surface area contributed by atoms with Gasteiger partial charge in [0.2, 0.25) is 0 Å². The van der Waals surface area contributed by atoms with Gasteiger partial charge in [0, 0.05) is 6.04 Å². The molecule has 0 spiro atoms. The van der Waals surface area contributed by atoms with Gasteiger partial charge in [0.25, 0.3) is 0 Å². The molecule has 1 N–H and O–H groups in total. The maximum absolute atomic E-state index is 9.20. The van der Waals surface area contributed by atoms with Crippen molar-refractivity contribution in [3.63, 3.8) is 0 Å². The second-order valence-electron chi connectivity index (χ2n) is 3.71. The number of hydrogen-bond acceptors (Lipinski definition) is 2. The number of piperidine rings is 1. The smallest absolute Gasteiger partial charge is 0.0527 e. The first-order valence-electron chi connectivity index (χ1n) is 4.58. The summed E-state index contributed by atoms with van der Waals surface area (Å²) in [4.78, 5) is 2.37. The van der Waals surface area contributed by atoms with Crippen molar-refractivity contribution in [3.05, 3.63) is 0 Å². The van der Waals surface area contributed by atoms with Crippen molar-refractivity contribution in [2.75, 3.05) is 13.6 Å². The van der Waals surface area contributed by atoms with E-state index in [0.717, 1.165) is 6.42 Å². The lowest BCUT2D eigenvalue weighted by Gasteiger charge is -2.33.